The maximum atomic E-state index is 2.42. The van der Waals surface area contributed by atoms with Crippen LogP contribution in [0.25, 0.3) is 33.4 Å². The molecule has 2 aliphatic rings. The Morgan fingerprint density at radius 3 is 1.21 bits per heavy atom. The molecule has 6 aromatic carbocycles. The molecule has 8 rings (SSSR count). The van der Waals surface area contributed by atoms with E-state index in [1.165, 1.54) is 66.8 Å². The Balaban J connectivity index is 1.19. The van der Waals surface area contributed by atoms with Crippen molar-refractivity contribution in [1.82, 2.24) is 0 Å². The van der Waals surface area contributed by atoms with E-state index < -0.39 is 0 Å². The second-order valence-corrected chi connectivity index (χ2v) is 12.6. The van der Waals surface area contributed by atoms with Crippen molar-refractivity contribution in [2.75, 3.05) is 0 Å². The lowest BCUT2D eigenvalue weighted by atomic mass is 9.64. The SMILES string of the molecule is CCC(C)C1(c2ccc(-c3ccc(C4(C)c5ccccc5-c5ccccc54)cc3)cc2)c2ccccc2-c2ccccc21. The molecule has 0 nitrogen and oxygen atoms in total. The van der Waals surface area contributed by atoms with Crippen LogP contribution in [0.3, 0.4) is 0 Å². The van der Waals surface area contributed by atoms with Crippen molar-refractivity contribution in [3.05, 3.63) is 179 Å². The van der Waals surface area contributed by atoms with Gasteiger partial charge in [-0.3, -0.25) is 0 Å². The Morgan fingerprint density at radius 1 is 0.442 bits per heavy atom. The first-order valence-electron chi connectivity index (χ1n) is 15.7. The van der Waals surface area contributed by atoms with Crippen LogP contribution in [0, 0.1) is 5.92 Å². The number of hydrogen-bond acceptors (Lipinski definition) is 0. The first kappa shape index (κ1) is 26.0. The summed E-state index contributed by atoms with van der Waals surface area (Å²) in [6.45, 7) is 7.13. The van der Waals surface area contributed by atoms with Crippen LogP contribution in [0.1, 0.15) is 60.6 Å². The Hall–Kier alpha value is -4.68. The zero-order valence-electron chi connectivity index (χ0n) is 25.1. The van der Waals surface area contributed by atoms with Gasteiger partial charge >= 0.3 is 0 Å². The molecule has 0 spiro atoms. The van der Waals surface area contributed by atoms with Crippen LogP contribution < -0.4 is 0 Å². The molecule has 43 heavy (non-hydrogen) atoms. The van der Waals surface area contributed by atoms with E-state index in [0.29, 0.717) is 5.92 Å². The molecule has 2 aliphatic carbocycles. The van der Waals surface area contributed by atoms with E-state index >= 15 is 0 Å². The molecule has 0 fully saturated rings. The van der Waals surface area contributed by atoms with Gasteiger partial charge in [-0.15, -0.1) is 0 Å². The molecular formula is C43H36. The predicted molar refractivity (Wildman–Crippen MR) is 181 cm³/mol. The molecule has 1 unspecified atom stereocenters. The molecule has 0 heterocycles. The minimum Gasteiger partial charge on any atom is -0.0651 e. The maximum Gasteiger partial charge on any atom is 0.0488 e. The Labute approximate surface area is 255 Å². The summed E-state index contributed by atoms with van der Waals surface area (Å²) in [7, 11) is 0. The van der Waals surface area contributed by atoms with E-state index in [2.05, 4.69) is 166 Å². The summed E-state index contributed by atoms with van der Waals surface area (Å²) in [6.07, 6.45) is 1.11. The van der Waals surface area contributed by atoms with Crippen molar-refractivity contribution in [2.24, 2.45) is 5.92 Å². The van der Waals surface area contributed by atoms with Gasteiger partial charge in [-0.1, -0.05) is 166 Å². The van der Waals surface area contributed by atoms with Crippen molar-refractivity contribution in [3.8, 4) is 33.4 Å². The third-order valence-corrected chi connectivity index (χ3v) is 10.7. The summed E-state index contributed by atoms with van der Waals surface area (Å²) in [5, 5.41) is 0. The standard InChI is InChI=1S/C43H36/c1-4-29(2)43(40-19-11-7-15-36(40)37-16-8-12-20-41(37)43)33-27-23-31(24-28-33)30-21-25-32(26-22-30)42(3)38-17-9-5-13-34(38)35-14-6-10-18-39(35)42/h5-29H,4H2,1-3H3. The topological polar surface area (TPSA) is 0 Å². The van der Waals surface area contributed by atoms with Gasteiger partial charge in [0.15, 0.2) is 0 Å². The largest absolute Gasteiger partial charge is 0.0651 e. The van der Waals surface area contributed by atoms with Crippen molar-refractivity contribution in [2.45, 2.75) is 38.0 Å². The fourth-order valence-electron chi connectivity index (χ4n) is 8.39. The molecule has 0 saturated carbocycles. The molecule has 0 amide bonds. The highest BCUT2D eigenvalue weighted by molar-refractivity contribution is 5.85. The normalized spacial score (nSPS) is 15.7. The van der Waals surface area contributed by atoms with E-state index in [4.69, 9.17) is 0 Å². The highest BCUT2D eigenvalue weighted by atomic mass is 14.5. The van der Waals surface area contributed by atoms with E-state index in [9.17, 15) is 0 Å². The fraction of sp³-hybridized carbons (Fsp3) is 0.163. The number of fused-ring (bicyclic) bond motifs is 6. The van der Waals surface area contributed by atoms with E-state index in [1.807, 2.05) is 0 Å². The summed E-state index contributed by atoms with van der Waals surface area (Å²) in [5.41, 5.74) is 16.0. The molecule has 6 aromatic rings. The van der Waals surface area contributed by atoms with Crippen LogP contribution in [0.2, 0.25) is 0 Å². The van der Waals surface area contributed by atoms with Crippen LogP contribution in [0.15, 0.2) is 146 Å². The molecule has 0 N–H and O–H groups in total. The monoisotopic (exact) mass is 552 g/mol. The van der Waals surface area contributed by atoms with Crippen molar-refractivity contribution in [1.29, 1.82) is 0 Å². The Morgan fingerprint density at radius 2 is 0.791 bits per heavy atom. The zero-order valence-corrected chi connectivity index (χ0v) is 25.1. The van der Waals surface area contributed by atoms with Crippen LogP contribution in [-0.2, 0) is 10.8 Å². The van der Waals surface area contributed by atoms with Crippen molar-refractivity contribution < 1.29 is 0 Å². The molecule has 0 saturated heterocycles. The first-order chi connectivity index (χ1) is 21.1. The van der Waals surface area contributed by atoms with Gasteiger partial charge < -0.3 is 0 Å². The fourth-order valence-corrected chi connectivity index (χ4v) is 8.39. The smallest absolute Gasteiger partial charge is 0.0488 e. The molecule has 0 radical (unpaired) electrons. The predicted octanol–water partition coefficient (Wildman–Crippen LogP) is 11.0. The van der Waals surface area contributed by atoms with Crippen LogP contribution >= 0.6 is 0 Å². The molecule has 0 bridgehead atoms. The number of rotatable bonds is 5. The van der Waals surface area contributed by atoms with Gasteiger partial charge in [0.1, 0.15) is 0 Å². The zero-order chi connectivity index (χ0) is 29.2. The van der Waals surface area contributed by atoms with Gasteiger partial charge in [0.25, 0.3) is 0 Å². The summed E-state index contributed by atoms with van der Waals surface area (Å²) in [4.78, 5) is 0. The van der Waals surface area contributed by atoms with Gasteiger partial charge in [-0.2, -0.15) is 0 Å². The second-order valence-electron chi connectivity index (χ2n) is 12.6. The van der Waals surface area contributed by atoms with Gasteiger partial charge in [0, 0.05) is 10.8 Å². The summed E-state index contributed by atoms with van der Waals surface area (Å²) in [5.74, 6) is 0.459. The average Bonchev–Trinajstić information content (AvgIpc) is 3.53. The Kier molecular flexibility index (Phi) is 5.85. The van der Waals surface area contributed by atoms with E-state index in [-0.39, 0.29) is 10.8 Å². The third kappa shape index (κ3) is 3.50. The molecular weight excluding hydrogens is 516 g/mol. The van der Waals surface area contributed by atoms with Crippen molar-refractivity contribution >= 4 is 0 Å². The average molecular weight is 553 g/mol. The molecule has 208 valence electrons. The molecule has 0 heteroatoms. The molecule has 1 atom stereocenters. The molecule has 0 aromatic heterocycles. The summed E-state index contributed by atoms with van der Waals surface area (Å²) < 4.78 is 0. The third-order valence-electron chi connectivity index (χ3n) is 10.7. The minimum absolute atomic E-state index is 0.151. The van der Waals surface area contributed by atoms with Crippen LogP contribution in [0.4, 0.5) is 0 Å². The van der Waals surface area contributed by atoms with Crippen LogP contribution in [-0.4, -0.2) is 0 Å². The van der Waals surface area contributed by atoms with Gasteiger partial charge in [0.2, 0.25) is 0 Å². The quantitative estimate of drug-likeness (QED) is 0.199. The molecule has 0 aliphatic heterocycles. The lowest BCUT2D eigenvalue weighted by molar-refractivity contribution is 0.399. The number of hydrogen-bond donors (Lipinski definition) is 0. The van der Waals surface area contributed by atoms with Gasteiger partial charge in [-0.25, -0.2) is 0 Å². The second kappa shape index (κ2) is 9.68. The highest BCUT2D eigenvalue weighted by Gasteiger charge is 2.47. The van der Waals surface area contributed by atoms with Gasteiger partial charge in [-0.05, 0) is 79.6 Å². The lowest BCUT2D eigenvalue weighted by Crippen LogP contribution is -2.34. The first-order valence-corrected chi connectivity index (χ1v) is 15.7. The highest BCUT2D eigenvalue weighted by Crippen LogP contribution is 2.57. The van der Waals surface area contributed by atoms with Gasteiger partial charge in [0.05, 0.1) is 0 Å². The Bertz CT molecular complexity index is 1880. The van der Waals surface area contributed by atoms with E-state index in [1.54, 1.807) is 0 Å². The summed E-state index contributed by atoms with van der Waals surface area (Å²) >= 11 is 0. The lowest BCUT2D eigenvalue weighted by Gasteiger charge is -2.38. The summed E-state index contributed by atoms with van der Waals surface area (Å²) in [6, 6.07) is 54.6. The van der Waals surface area contributed by atoms with Crippen molar-refractivity contribution in [3.63, 3.8) is 0 Å². The van der Waals surface area contributed by atoms with E-state index in [0.717, 1.165) is 6.42 Å². The number of benzene rings is 6. The maximum absolute atomic E-state index is 2.42. The van der Waals surface area contributed by atoms with Crippen LogP contribution in [0.5, 0.6) is 0 Å². The minimum atomic E-state index is -0.165.